The predicted molar refractivity (Wildman–Crippen MR) is 66.8 cm³/mol. The number of hydrogen-bond acceptors (Lipinski definition) is 3. The average Bonchev–Trinajstić information content (AvgIpc) is 2.12. The molecule has 1 rings (SSSR count). The average molecular weight is 237 g/mol. The summed E-state index contributed by atoms with van der Waals surface area (Å²) in [5, 5.41) is 3.48. The summed E-state index contributed by atoms with van der Waals surface area (Å²) in [6.45, 7) is 12.9. The van der Waals surface area contributed by atoms with E-state index < -0.39 is 0 Å². The lowest BCUT2D eigenvalue weighted by atomic mass is 10.1. The molecule has 1 N–H and O–H groups in total. The standard InChI is InChI=1S/C11H24N2O.ClH/c1-9(2)14-8-7-13-6-5-12-10(3)11(13)4;/h9-12H,5-8H2,1-4H3;1H. The van der Waals surface area contributed by atoms with E-state index in [2.05, 4.69) is 37.9 Å². The molecule has 0 aromatic heterocycles. The van der Waals surface area contributed by atoms with Gasteiger partial charge in [-0.1, -0.05) is 0 Å². The van der Waals surface area contributed by atoms with Crippen molar-refractivity contribution in [1.82, 2.24) is 10.2 Å². The van der Waals surface area contributed by atoms with E-state index in [1.165, 1.54) is 0 Å². The first-order chi connectivity index (χ1) is 6.61. The number of halogens is 1. The van der Waals surface area contributed by atoms with E-state index in [4.69, 9.17) is 4.74 Å². The number of hydrogen-bond donors (Lipinski definition) is 1. The third kappa shape index (κ3) is 5.16. The van der Waals surface area contributed by atoms with Crippen LogP contribution in [0.1, 0.15) is 27.7 Å². The lowest BCUT2D eigenvalue weighted by molar-refractivity contribution is 0.0391. The Morgan fingerprint density at radius 3 is 2.67 bits per heavy atom. The minimum Gasteiger partial charge on any atom is -0.377 e. The van der Waals surface area contributed by atoms with E-state index in [1.54, 1.807) is 0 Å². The molecule has 0 radical (unpaired) electrons. The van der Waals surface area contributed by atoms with E-state index in [-0.39, 0.29) is 12.4 Å². The molecule has 2 atom stereocenters. The maximum atomic E-state index is 5.57. The fourth-order valence-corrected chi connectivity index (χ4v) is 1.85. The summed E-state index contributed by atoms with van der Waals surface area (Å²) in [7, 11) is 0. The van der Waals surface area contributed by atoms with Crippen LogP contribution in [-0.2, 0) is 4.74 Å². The van der Waals surface area contributed by atoms with Crippen LogP contribution >= 0.6 is 12.4 Å². The Hall–Kier alpha value is 0.170. The number of nitrogens with one attached hydrogen (secondary N) is 1. The molecule has 0 aromatic carbocycles. The molecular weight excluding hydrogens is 212 g/mol. The van der Waals surface area contributed by atoms with Crippen LogP contribution in [0.25, 0.3) is 0 Å². The van der Waals surface area contributed by atoms with Gasteiger partial charge in [-0.2, -0.15) is 0 Å². The maximum Gasteiger partial charge on any atom is 0.0597 e. The third-order valence-electron chi connectivity index (χ3n) is 2.99. The summed E-state index contributed by atoms with van der Waals surface area (Å²) >= 11 is 0. The first-order valence-electron chi connectivity index (χ1n) is 5.70. The molecule has 0 saturated carbocycles. The van der Waals surface area contributed by atoms with Gasteiger partial charge in [-0.05, 0) is 27.7 Å². The first kappa shape index (κ1) is 15.2. The molecule has 4 heteroatoms. The van der Waals surface area contributed by atoms with Gasteiger partial charge in [0.25, 0.3) is 0 Å². The number of ether oxygens (including phenoxy) is 1. The second kappa shape index (κ2) is 7.44. The maximum absolute atomic E-state index is 5.57. The fourth-order valence-electron chi connectivity index (χ4n) is 1.85. The number of piperazine rings is 1. The van der Waals surface area contributed by atoms with Crippen LogP contribution < -0.4 is 5.32 Å². The molecular formula is C11H25ClN2O. The van der Waals surface area contributed by atoms with Gasteiger partial charge in [0.05, 0.1) is 12.7 Å². The molecule has 1 fully saturated rings. The molecule has 0 aromatic rings. The molecule has 1 aliphatic heterocycles. The topological polar surface area (TPSA) is 24.5 Å². The van der Waals surface area contributed by atoms with Crippen molar-refractivity contribution in [3.63, 3.8) is 0 Å². The van der Waals surface area contributed by atoms with Crippen molar-refractivity contribution in [3.8, 4) is 0 Å². The Morgan fingerprint density at radius 2 is 2.07 bits per heavy atom. The van der Waals surface area contributed by atoms with Crippen molar-refractivity contribution in [2.75, 3.05) is 26.2 Å². The van der Waals surface area contributed by atoms with Gasteiger partial charge in [-0.25, -0.2) is 0 Å². The minimum atomic E-state index is 0. The highest BCUT2D eigenvalue weighted by molar-refractivity contribution is 5.85. The fraction of sp³-hybridized carbons (Fsp3) is 1.00. The summed E-state index contributed by atoms with van der Waals surface area (Å²) in [6, 6.07) is 1.22. The van der Waals surface area contributed by atoms with Gasteiger partial charge in [0.15, 0.2) is 0 Å². The van der Waals surface area contributed by atoms with Gasteiger partial charge in [-0.3, -0.25) is 4.90 Å². The summed E-state index contributed by atoms with van der Waals surface area (Å²) in [4.78, 5) is 2.50. The Labute approximate surface area is 100.0 Å². The Bertz CT molecular complexity index is 167. The first-order valence-corrected chi connectivity index (χ1v) is 5.70. The highest BCUT2D eigenvalue weighted by atomic mass is 35.5. The quantitative estimate of drug-likeness (QED) is 0.801. The van der Waals surface area contributed by atoms with Gasteiger partial charge in [0, 0.05) is 31.7 Å². The van der Waals surface area contributed by atoms with E-state index in [0.29, 0.717) is 18.2 Å². The van der Waals surface area contributed by atoms with E-state index in [0.717, 1.165) is 26.2 Å². The summed E-state index contributed by atoms with van der Waals surface area (Å²) in [5.41, 5.74) is 0. The van der Waals surface area contributed by atoms with E-state index in [9.17, 15) is 0 Å². The van der Waals surface area contributed by atoms with Crippen molar-refractivity contribution in [2.24, 2.45) is 0 Å². The van der Waals surface area contributed by atoms with Gasteiger partial charge in [0.2, 0.25) is 0 Å². The monoisotopic (exact) mass is 236 g/mol. The van der Waals surface area contributed by atoms with Crippen molar-refractivity contribution in [3.05, 3.63) is 0 Å². The highest BCUT2D eigenvalue weighted by Crippen LogP contribution is 2.08. The van der Waals surface area contributed by atoms with Crippen LogP contribution in [0.2, 0.25) is 0 Å². The second-order valence-corrected chi connectivity index (χ2v) is 4.44. The molecule has 0 bridgehead atoms. The molecule has 0 spiro atoms. The van der Waals surface area contributed by atoms with Crippen LogP contribution in [-0.4, -0.2) is 49.3 Å². The molecule has 1 heterocycles. The van der Waals surface area contributed by atoms with Gasteiger partial charge in [0.1, 0.15) is 0 Å². The largest absolute Gasteiger partial charge is 0.377 e. The lowest BCUT2D eigenvalue weighted by Gasteiger charge is -2.38. The molecule has 3 nitrogen and oxygen atoms in total. The van der Waals surface area contributed by atoms with Crippen molar-refractivity contribution < 1.29 is 4.74 Å². The predicted octanol–water partition coefficient (Wildman–Crippen LogP) is 1.52. The van der Waals surface area contributed by atoms with Gasteiger partial charge < -0.3 is 10.1 Å². The van der Waals surface area contributed by atoms with E-state index in [1.807, 2.05) is 0 Å². The lowest BCUT2D eigenvalue weighted by Crippen LogP contribution is -2.55. The molecule has 15 heavy (non-hydrogen) atoms. The van der Waals surface area contributed by atoms with Crippen LogP contribution in [0.5, 0.6) is 0 Å². The normalized spacial score (nSPS) is 27.8. The Balaban J connectivity index is 0.00000196. The molecule has 0 amide bonds. The summed E-state index contributed by atoms with van der Waals surface area (Å²) < 4.78 is 5.57. The van der Waals surface area contributed by atoms with Crippen LogP contribution in [0.3, 0.4) is 0 Å². The Morgan fingerprint density at radius 1 is 1.40 bits per heavy atom. The Kier molecular flexibility index (Phi) is 7.53. The third-order valence-corrected chi connectivity index (χ3v) is 2.99. The van der Waals surface area contributed by atoms with Crippen molar-refractivity contribution in [2.45, 2.75) is 45.9 Å². The SMILES string of the molecule is CC(C)OCCN1CCNC(C)C1C.Cl. The highest BCUT2D eigenvalue weighted by Gasteiger charge is 2.23. The second-order valence-electron chi connectivity index (χ2n) is 4.44. The zero-order valence-corrected chi connectivity index (χ0v) is 11.1. The summed E-state index contributed by atoms with van der Waals surface area (Å²) in [6.07, 6.45) is 0.352. The molecule has 1 aliphatic rings. The van der Waals surface area contributed by atoms with Crippen LogP contribution in [0.15, 0.2) is 0 Å². The van der Waals surface area contributed by atoms with Crippen molar-refractivity contribution in [1.29, 1.82) is 0 Å². The minimum absolute atomic E-state index is 0. The number of nitrogens with zero attached hydrogens (tertiary/aromatic N) is 1. The molecule has 2 unspecified atom stereocenters. The molecule has 92 valence electrons. The van der Waals surface area contributed by atoms with Crippen LogP contribution in [0, 0.1) is 0 Å². The van der Waals surface area contributed by atoms with Gasteiger partial charge >= 0.3 is 0 Å². The molecule has 0 aliphatic carbocycles. The number of rotatable bonds is 4. The molecule has 1 saturated heterocycles. The zero-order valence-electron chi connectivity index (χ0n) is 10.3. The van der Waals surface area contributed by atoms with Crippen molar-refractivity contribution >= 4 is 12.4 Å². The zero-order chi connectivity index (χ0) is 10.6. The smallest absolute Gasteiger partial charge is 0.0597 e. The van der Waals surface area contributed by atoms with Crippen LogP contribution in [0.4, 0.5) is 0 Å². The summed E-state index contributed by atoms with van der Waals surface area (Å²) in [5.74, 6) is 0. The van der Waals surface area contributed by atoms with Gasteiger partial charge in [-0.15, -0.1) is 12.4 Å². The van der Waals surface area contributed by atoms with E-state index >= 15 is 0 Å².